The van der Waals surface area contributed by atoms with Crippen LogP contribution in [0.1, 0.15) is 35.1 Å². The van der Waals surface area contributed by atoms with Crippen molar-refractivity contribution in [3.63, 3.8) is 0 Å². The van der Waals surface area contributed by atoms with Gasteiger partial charge in [0, 0.05) is 39.6 Å². The molecule has 0 radical (unpaired) electrons. The number of benzene rings is 2. The Hall–Kier alpha value is -3.03. The zero-order valence-corrected chi connectivity index (χ0v) is 16.8. The van der Waals surface area contributed by atoms with E-state index in [1.807, 2.05) is 23.1 Å². The van der Waals surface area contributed by atoms with Crippen molar-refractivity contribution in [2.45, 2.75) is 38.7 Å². The Bertz CT molecular complexity index is 894. The van der Waals surface area contributed by atoms with E-state index in [1.165, 1.54) is 12.1 Å². The third kappa shape index (κ3) is 5.98. The molecule has 0 atom stereocenters. The van der Waals surface area contributed by atoms with E-state index >= 15 is 0 Å². The predicted molar refractivity (Wildman–Crippen MR) is 110 cm³/mol. The van der Waals surface area contributed by atoms with Gasteiger partial charge < -0.3 is 15.5 Å². The molecule has 0 bridgehead atoms. The molecule has 1 saturated heterocycles. The minimum atomic E-state index is -4.33. The maximum absolute atomic E-state index is 12.6. The van der Waals surface area contributed by atoms with Crippen LogP contribution in [0.2, 0.25) is 0 Å². The summed E-state index contributed by atoms with van der Waals surface area (Å²) in [6, 6.07) is 13.1. The lowest BCUT2D eigenvalue weighted by Crippen LogP contribution is -2.36. The van der Waals surface area contributed by atoms with Gasteiger partial charge in [0.15, 0.2) is 5.96 Å². The Morgan fingerprint density at radius 3 is 2.30 bits per heavy atom. The van der Waals surface area contributed by atoms with Gasteiger partial charge in [-0.05, 0) is 35.2 Å². The summed E-state index contributed by atoms with van der Waals surface area (Å²) in [5, 5.41) is 6.30. The lowest BCUT2D eigenvalue weighted by atomic mass is 10.1. The molecule has 0 saturated carbocycles. The third-order valence-electron chi connectivity index (χ3n) is 4.96. The molecule has 5 nitrogen and oxygen atoms in total. The first-order chi connectivity index (χ1) is 14.3. The van der Waals surface area contributed by atoms with Crippen LogP contribution in [0.25, 0.3) is 0 Å². The highest BCUT2D eigenvalue weighted by atomic mass is 19.4. The summed E-state index contributed by atoms with van der Waals surface area (Å²) in [5.74, 6) is 0.751. The number of hydrogen-bond acceptors (Lipinski definition) is 2. The normalized spacial score (nSPS) is 14.9. The quantitative estimate of drug-likeness (QED) is 0.556. The van der Waals surface area contributed by atoms with Crippen molar-refractivity contribution < 1.29 is 18.0 Å². The van der Waals surface area contributed by atoms with Crippen molar-refractivity contribution in [2.24, 2.45) is 4.99 Å². The first kappa shape index (κ1) is 21.7. The van der Waals surface area contributed by atoms with E-state index in [2.05, 4.69) is 21.7 Å². The van der Waals surface area contributed by atoms with Gasteiger partial charge in [0.2, 0.25) is 5.91 Å². The fourth-order valence-electron chi connectivity index (χ4n) is 3.33. The average Bonchev–Trinajstić information content (AvgIpc) is 3.12. The Morgan fingerprint density at radius 2 is 1.70 bits per heavy atom. The summed E-state index contributed by atoms with van der Waals surface area (Å²) in [5.41, 5.74) is 2.20. The fourth-order valence-corrected chi connectivity index (χ4v) is 3.33. The maximum Gasteiger partial charge on any atom is 0.416 e. The van der Waals surface area contributed by atoms with Gasteiger partial charge >= 0.3 is 6.18 Å². The number of rotatable bonds is 6. The Labute approximate surface area is 174 Å². The van der Waals surface area contributed by atoms with Crippen LogP contribution >= 0.6 is 0 Å². The second kappa shape index (κ2) is 9.65. The van der Waals surface area contributed by atoms with Crippen LogP contribution in [0.5, 0.6) is 0 Å². The van der Waals surface area contributed by atoms with Crippen LogP contribution < -0.4 is 10.6 Å². The van der Waals surface area contributed by atoms with Crippen LogP contribution in [0, 0.1) is 0 Å². The molecule has 30 heavy (non-hydrogen) atoms. The summed E-state index contributed by atoms with van der Waals surface area (Å²) in [4.78, 5) is 17.8. The molecule has 1 amide bonds. The van der Waals surface area contributed by atoms with Gasteiger partial charge in [-0.25, -0.2) is 0 Å². The van der Waals surface area contributed by atoms with Crippen molar-refractivity contribution in [3.8, 4) is 0 Å². The van der Waals surface area contributed by atoms with Crippen LogP contribution in [0.15, 0.2) is 53.5 Å². The molecule has 2 N–H and O–H groups in total. The van der Waals surface area contributed by atoms with Crippen molar-refractivity contribution in [1.29, 1.82) is 0 Å². The first-order valence-corrected chi connectivity index (χ1v) is 9.81. The van der Waals surface area contributed by atoms with E-state index < -0.39 is 11.7 Å². The molecular formula is C22H25F3N4O. The zero-order valence-electron chi connectivity index (χ0n) is 16.8. The summed E-state index contributed by atoms with van der Waals surface area (Å²) >= 11 is 0. The minimum Gasteiger partial charge on any atom is -0.352 e. The molecule has 0 spiro atoms. The molecule has 0 aromatic heterocycles. The number of guanidine groups is 1. The number of carbonyl (C=O) groups is 1. The largest absolute Gasteiger partial charge is 0.416 e. The van der Waals surface area contributed by atoms with E-state index in [1.54, 1.807) is 7.05 Å². The van der Waals surface area contributed by atoms with Gasteiger partial charge in [-0.15, -0.1) is 0 Å². The molecule has 1 aliphatic rings. The van der Waals surface area contributed by atoms with Crippen molar-refractivity contribution in [1.82, 2.24) is 15.5 Å². The van der Waals surface area contributed by atoms with Crippen LogP contribution in [0.4, 0.5) is 13.2 Å². The molecule has 160 valence electrons. The molecule has 1 heterocycles. The average molecular weight is 418 g/mol. The molecule has 1 aliphatic heterocycles. The second-order valence-electron chi connectivity index (χ2n) is 7.21. The monoisotopic (exact) mass is 418 g/mol. The molecule has 1 fully saturated rings. The highest BCUT2D eigenvalue weighted by Gasteiger charge is 2.29. The topological polar surface area (TPSA) is 56.7 Å². The number of carbonyl (C=O) groups excluding carboxylic acids is 1. The Morgan fingerprint density at radius 1 is 1.03 bits per heavy atom. The van der Waals surface area contributed by atoms with Gasteiger partial charge in [-0.2, -0.15) is 13.2 Å². The highest BCUT2D eigenvalue weighted by Crippen LogP contribution is 2.29. The predicted octanol–water partition coefficient (Wildman–Crippen LogP) is 3.69. The fraction of sp³-hybridized carbons (Fsp3) is 0.364. The number of amides is 1. The molecule has 2 aromatic carbocycles. The molecule has 8 heteroatoms. The van der Waals surface area contributed by atoms with Crippen LogP contribution in [0.3, 0.4) is 0 Å². The van der Waals surface area contributed by atoms with Gasteiger partial charge in [-0.3, -0.25) is 9.79 Å². The summed E-state index contributed by atoms with van der Waals surface area (Å²) in [6.45, 7) is 2.32. The van der Waals surface area contributed by atoms with Gasteiger partial charge in [0.25, 0.3) is 0 Å². The number of alkyl halides is 3. The van der Waals surface area contributed by atoms with Crippen molar-refractivity contribution in [2.75, 3.05) is 13.6 Å². The molecule has 0 unspecified atom stereocenters. The molecule has 3 rings (SSSR count). The minimum absolute atomic E-state index is 0.200. The lowest BCUT2D eigenvalue weighted by molar-refractivity contribution is -0.137. The highest BCUT2D eigenvalue weighted by molar-refractivity contribution is 5.79. The number of likely N-dealkylation sites (tertiary alicyclic amines) is 1. The van der Waals surface area contributed by atoms with Crippen molar-refractivity contribution >= 4 is 11.9 Å². The summed E-state index contributed by atoms with van der Waals surface area (Å²) < 4.78 is 37.9. The number of nitrogens with zero attached hydrogens (tertiary/aromatic N) is 2. The van der Waals surface area contributed by atoms with E-state index in [4.69, 9.17) is 0 Å². The standard InChI is InChI=1S/C22H25F3N4O/c1-26-21(27-13-16-7-9-19(10-8-16)22(23,24)25)28-14-17-4-2-5-18(12-17)15-29-11-3-6-20(29)30/h2,4-5,7-10,12H,3,6,11,13-15H2,1H3,(H2,26,27,28). The van der Waals surface area contributed by atoms with E-state index in [0.717, 1.165) is 41.8 Å². The van der Waals surface area contributed by atoms with E-state index in [0.29, 0.717) is 32.0 Å². The summed E-state index contributed by atoms with van der Waals surface area (Å²) in [7, 11) is 1.64. The molecular weight excluding hydrogens is 393 g/mol. The lowest BCUT2D eigenvalue weighted by Gasteiger charge is -2.16. The van der Waals surface area contributed by atoms with E-state index in [9.17, 15) is 18.0 Å². The molecule has 0 aliphatic carbocycles. The zero-order chi connectivity index (χ0) is 21.6. The van der Waals surface area contributed by atoms with Gasteiger partial charge in [0.05, 0.1) is 5.56 Å². The van der Waals surface area contributed by atoms with Crippen LogP contribution in [-0.4, -0.2) is 30.4 Å². The third-order valence-corrected chi connectivity index (χ3v) is 4.96. The smallest absolute Gasteiger partial charge is 0.352 e. The van der Waals surface area contributed by atoms with Crippen molar-refractivity contribution in [3.05, 3.63) is 70.8 Å². The first-order valence-electron chi connectivity index (χ1n) is 9.81. The summed E-state index contributed by atoms with van der Waals surface area (Å²) in [6.07, 6.45) is -2.79. The number of aliphatic imine (C=N–C) groups is 1. The Kier molecular flexibility index (Phi) is 6.97. The van der Waals surface area contributed by atoms with Gasteiger partial charge in [0.1, 0.15) is 0 Å². The maximum atomic E-state index is 12.6. The van der Waals surface area contributed by atoms with Gasteiger partial charge in [-0.1, -0.05) is 36.4 Å². The number of halogens is 3. The van der Waals surface area contributed by atoms with Crippen LogP contribution in [-0.2, 0) is 30.6 Å². The SMILES string of the molecule is CN=C(NCc1ccc(C(F)(F)F)cc1)NCc1cccc(CN2CCCC2=O)c1. The second-order valence-corrected chi connectivity index (χ2v) is 7.21. The van der Waals surface area contributed by atoms with E-state index in [-0.39, 0.29) is 5.91 Å². The Balaban J connectivity index is 1.50. The number of hydrogen-bond donors (Lipinski definition) is 2. The molecule has 2 aromatic rings. The number of nitrogens with one attached hydrogen (secondary N) is 2.